The van der Waals surface area contributed by atoms with Gasteiger partial charge >= 0.3 is 0 Å². The second-order valence-corrected chi connectivity index (χ2v) is 6.08. The second kappa shape index (κ2) is 8.45. The van der Waals surface area contributed by atoms with Crippen molar-refractivity contribution >= 4 is 17.3 Å². The summed E-state index contributed by atoms with van der Waals surface area (Å²) in [5.41, 5.74) is 4.88. The predicted octanol–water partition coefficient (Wildman–Crippen LogP) is 2.99. The smallest absolute Gasteiger partial charge is 0.269 e. The maximum atomic E-state index is 12.0. The van der Waals surface area contributed by atoms with E-state index in [4.69, 9.17) is 0 Å². The third-order valence-corrected chi connectivity index (χ3v) is 3.85. The van der Waals surface area contributed by atoms with E-state index in [2.05, 4.69) is 47.7 Å². The summed E-state index contributed by atoms with van der Waals surface area (Å²) < 4.78 is 0. The van der Waals surface area contributed by atoms with Crippen LogP contribution in [0.25, 0.3) is 0 Å². The molecule has 5 heteroatoms. The number of rotatable bonds is 7. The van der Waals surface area contributed by atoms with Gasteiger partial charge in [-0.3, -0.25) is 4.79 Å². The molecule has 2 aromatic rings. The minimum Gasteiger partial charge on any atom is -0.354 e. The molecule has 0 atom stereocenters. The van der Waals surface area contributed by atoms with E-state index in [0.717, 1.165) is 24.3 Å². The average molecular weight is 326 g/mol. The number of amides is 1. The molecular formula is C19H26N4O. The number of para-hydroxylation sites is 1. The van der Waals surface area contributed by atoms with E-state index in [1.165, 1.54) is 11.1 Å². The highest BCUT2D eigenvalue weighted by Crippen LogP contribution is 2.25. The first-order valence-electron chi connectivity index (χ1n) is 8.25. The van der Waals surface area contributed by atoms with Gasteiger partial charge in [0.25, 0.3) is 5.91 Å². The normalized spacial score (nSPS) is 10.7. The van der Waals surface area contributed by atoms with Gasteiger partial charge in [-0.1, -0.05) is 25.1 Å². The van der Waals surface area contributed by atoms with Crippen molar-refractivity contribution in [2.24, 2.45) is 0 Å². The quantitative estimate of drug-likeness (QED) is 0.821. The number of hydrogen-bond donors (Lipinski definition) is 2. The highest BCUT2D eigenvalue weighted by Gasteiger charge is 2.08. The molecule has 0 saturated heterocycles. The summed E-state index contributed by atoms with van der Waals surface area (Å²) in [6.07, 6.45) is 2.66. The Morgan fingerprint density at radius 1 is 1.21 bits per heavy atom. The Morgan fingerprint density at radius 3 is 2.62 bits per heavy atom. The summed E-state index contributed by atoms with van der Waals surface area (Å²) in [4.78, 5) is 18.3. The lowest BCUT2D eigenvalue weighted by Crippen LogP contribution is -2.31. The molecule has 0 spiro atoms. The molecule has 0 fully saturated rings. The van der Waals surface area contributed by atoms with Gasteiger partial charge < -0.3 is 15.5 Å². The SMILES string of the molecule is CCc1cccc(C)c1Nc1ccc(C(=O)NCCN(C)C)nc1. The molecule has 24 heavy (non-hydrogen) atoms. The molecule has 5 nitrogen and oxygen atoms in total. The lowest BCUT2D eigenvalue weighted by atomic mass is 10.1. The monoisotopic (exact) mass is 326 g/mol. The average Bonchev–Trinajstić information content (AvgIpc) is 2.57. The lowest BCUT2D eigenvalue weighted by Gasteiger charge is -2.14. The lowest BCUT2D eigenvalue weighted by molar-refractivity contribution is 0.0946. The van der Waals surface area contributed by atoms with Crippen LogP contribution in [0.3, 0.4) is 0 Å². The number of nitrogens with zero attached hydrogens (tertiary/aromatic N) is 2. The summed E-state index contributed by atoms with van der Waals surface area (Å²) in [7, 11) is 3.95. The first-order chi connectivity index (χ1) is 11.5. The number of anilines is 2. The molecule has 2 N–H and O–H groups in total. The molecule has 1 amide bonds. The van der Waals surface area contributed by atoms with Crippen molar-refractivity contribution in [2.75, 3.05) is 32.5 Å². The van der Waals surface area contributed by atoms with E-state index < -0.39 is 0 Å². The van der Waals surface area contributed by atoms with E-state index in [9.17, 15) is 4.79 Å². The van der Waals surface area contributed by atoms with E-state index >= 15 is 0 Å². The molecule has 0 aliphatic carbocycles. The van der Waals surface area contributed by atoms with Crippen LogP contribution in [-0.4, -0.2) is 43.0 Å². The Hall–Kier alpha value is -2.40. The summed E-state index contributed by atoms with van der Waals surface area (Å²) >= 11 is 0. The van der Waals surface area contributed by atoms with Crippen LogP contribution in [0.5, 0.6) is 0 Å². The molecule has 1 heterocycles. The maximum absolute atomic E-state index is 12.0. The van der Waals surface area contributed by atoms with Crippen molar-refractivity contribution in [3.63, 3.8) is 0 Å². The van der Waals surface area contributed by atoms with Crippen LogP contribution in [-0.2, 0) is 6.42 Å². The van der Waals surface area contributed by atoms with E-state index in [1.54, 1.807) is 12.3 Å². The molecule has 0 saturated carbocycles. The zero-order chi connectivity index (χ0) is 17.5. The Balaban J connectivity index is 2.04. The van der Waals surface area contributed by atoms with Crippen molar-refractivity contribution in [3.05, 3.63) is 53.3 Å². The second-order valence-electron chi connectivity index (χ2n) is 6.08. The molecular weight excluding hydrogens is 300 g/mol. The van der Waals surface area contributed by atoms with Crippen LogP contribution in [0.1, 0.15) is 28.5 Å². The number of aryl methyl sites for hydroxylation is 2. The number of likely N-dealkylation sites (N-methyl/N-ethyl adjacent to an activating group) is 1. The summed E-state index contributed by atoms with van der Waals surface area (Å²) in [5, 5.41) is 6.28. The first kappa shape index (κ1) is 17.9. The van der Waals surface area contributed by atoms with Crippen LogP contribution < -0.4 is 10.6 Å². The van der Waals surface area contributed by atoms with Gasteiger partial charge in [0.15, 0.2) is 0 Å². The molecule has 128 valence electrons. The summed E-state index contributed by atoms with van der Waals surface area (Å²) in [6.45, 7) is 5.63. The Kier molecular flexibility index (Phi) is 6.32. The van der Waals surface area contributed by atoms with Gasteiger partial charge in [0, 0.05) is 18.8 Å². The summed E-state index contributed by atoms with van der Waals surface area (Å²) in [5.74, 6) is -0.145. The number of carbonyl (C=O) groups is 1. The molecule has 0 unspecified atom stereocenters. The van der Waals surface area contributed by atoms with E-state index in [-0.39, 0.29) is 5.91 Å². The van der Waals surface area contributed by atoms with Gasteiger partial charge in [0.1, 0.15) is 5.69 Å². The minimum atomic E-state index is -0.145. The molecule has 0 radical (unpaired) electrons. The number of carbonyl (C=O) groups excluding carboxylic acids is 1. The van der Waals surface area contributed by atoms with E-state index in [1.807, 2.05) is 25.1 Å². The number of pyridine rings is 1. The van der Waals surface area contributed by atoms with Crippen LogP contribution in [0.15, 0.2) is 36.5 Å². The molecule has 1 aromatic carbocycles. The molecule has 0 bridgehead atoms. The molecule has 2 rings (SSSR count). The van der Waals surface area contributed by atoms with E-state index in [0.29, 0.717) is 12.2 Å². The van der Waals surface area contributed by atoms with Gasteiger partial charge in [0.05, 0.1) is 11.9 Å². The number of hydrogen-bond acceptors (Lipinski definition) is 4. The van der Waals surface area contributed by atoms with Gasteiger partial charge in [-0.2, -0.15) is 0 Å². The van der Waals surface area contributed by atoms with Crippen molar-refractivity contribution < 1.29 is 4.79 Å². The fourth-order valence-electron chi connectivity index (χ4n) is 2.43. The topological polar surface area (TPSA) is 57.3 Å². The third kappa shape index (κ3) is 4.80. The third-order valence-electron chi connectivity index (χ3n) is 3.85. The Bertz CT molecular complexity index is 680. The number of benzene rings is 1. The zero-order valence-corrected chi connectivity index (χ0v) is 14.9. The number of nitrogens with one attached hydrogen (secondary N) is 2. The standard InChI is InChI=1S/C19H26N4O/c1-5-15-8-6-7-14(2)18(15)22-16-9-10-17(21-13-16)19(24)20-11-12-23(3)4/h6-10,13,22H,5,11-12H2,1-4H3,(H,20,24). The van der Waals surface area contributed by atoms with Crippen LogP contribution in [0, 0.1) is 6.92 Å². The van der Waals surface area contributed by atoms with Gasteiger partial charge in [-0.05, 0) is 50.7 Å². The van der Waals surface area contributed by atoms with Gasteiger partial charge in [-0.15, -0.1) is 0 Å². The first-order valence-corrected chi connectivity index (χ1v) is 8.25. The van der Waals surface area contributed by atoms with Crippen molar-refractivity contribution in [2.45, 2.75) is 20.3 Å². The summed E-state index contributed by atoms with van der Waals surface area (Å²) in [6, 6.07) is 9.91. The highest BCUT2D eigenvalue weighted by atomic mass is 16.1. The minimum absolute atomic E-state index is 0.145. The van der Waals surface area contributed by atoms with Crippen molar-refractivity contribution in [1.82, 2.24) is 15.2 Å². The van der Waals surface area contributed by atoms with Crippen LogP contribution >= 0.6 is 0 Å². The fourth-order valence-corrected chi connectivity index (χ4v) is 2.43. The van der Waals surface area contributed by atoms with Crippen LogP contribution in [0.4, 0.5) is 11.4 Å². The maximum Gasteiger partial charge on any atom is 0.269 e. The van der Waals surface area contributed by atoms with Crippen LogP contribution in [0.2, 0.25) is 0 Å². The zero-order valence-electron chi connectivity index (χ0n) is 14.9. The molecule has 1 aromatic heterocycles. The number of aromatic nitrogens is 1. The van der Waals surface area contributed by atoms with Gasteiger partial charge in [0.2, 0.25) is 0 Å². The predicted molar refractivity (Wildman–Crippen MR) is 99.0 cm³/mol. The highest BCUT2D eigenvalue weighted by molar-refractivity contribution is 5.92. The molecule has 0 aliphatic rings. The van der Waals surface area contributed by atoms with Crippen molar-refractivity contribution in [3.8, 4) is 0 Å². The molecule has 0 aliphatic heterocycles. The largest absolute Gasteiger partial charge is 0.354 e. The van der Waals surface area contributed by atoms with Gasteiger partial charge in [-0.25, -0.2) is 4.98 Å². The Labute approximate surface area is 144 Å². The Morgan fingerprint density at radius 2 is 2.00 bits per heavy atom. The fraction of sp³-hybridized carbons (Fsp3) is 0.368. The van der Waals surface area contributed by atoms with Crippen molar-refractivity contribution in [1.29, 1.82) is 0 Å².